The molecule has 8 heteroatoms. The van der Waals surface area contributed by atoms with E-state index in [-0.39, 0.29) is 18.1 Å². The highest BCUT2D eigenvalue weighted by Crippen LogP contribution is 2.30. The van der Waals surface area contributed by atoms with Crippen LogP contribution in [-0.2, 0) is 13.0 Å². The van der Waals surface area contributed by atoms with Crippen LogP contribution < -0.4 is 16.2 Å². The molecular formula is C19H15F3N4O. The lowest BCUT2D eigenvalue weighted by Gasteiger charge is -2.16. The number of benzene rings is 2. The summed E-state index contributed by atoms with van der Waals surface area (Å²) in [5.41, 5.74) is 2.00. The molecule has 1 aliphatic heterocycles. The van der Waals surface area contributed by atoms with Crippen LogP contribution in [0.15, 0.2) is 47.4 Å². The average molecular weight is 372 g/mol. The Kier molecular flexibility index (Phi) is 4.31. The lowest BCUT2D eigenvalue weighted by atomic mass is 10.1. The molecule has 1 aromatic heterocycles. The van der Waals surface area contributed by atoms with Crippen LogP contribution in [0.1, 0.15) is 11.1 Å². The molecule has 5 nitrogen and oxygen atoms in total. The van der Waals surface area contributed by atoms with E-state index < -0.39 is 23.0 Å². The first kappa shape index (κ1) is 17.1. The zero-order valence-corrected chi connectivity index (χ0v) is 14.1. The van der Waals surface area contributed by atoms with Crippen LogP contribution in [0.3, 0.4) is 0 Å². The van der Waals surface area contributed by atoms with Crippen molar-refractivity contribution in [3.8, 4) is 0 Å². The van der Waals surface area contributed by atoms with Gasteiger partial charge in [-0.25, -0.2) is 8.78 Å². The molecule has 0 aliphatic carbocycles. The summed E-state index contributed by atoms with van der Waals surface area (Å²) in [6, 6.07) is 8.66. The van der Waals surface area contributed by atoms with Gasteiger partial charge in [0.15, 0.2) is 0 Å². The molecule has 3 aromatic rings. The summed E-state index contributed by atoms with van der Waals surface area (Å²) in [5, 5.41) is 6.29. The maximum absolute atomic E-state index is 13.8. The van der Waals surface area contributed by atoms with Gasteiger partial charge in [0, 0.05) is 35.7 Å². The van der Waals surface area contributed by atoms with Crippen molar-refractivity contribution in [3.05, 3.63) is 81.5 Å². The average Bonchev–Trinajstić information content (AvgIpc) is 3.08. The first-order chi connectivity index (χ1) is 13.0. The second-order valence-electron chi connectivity index (χ2n) is 6.26. The highest BCUT2D eigenvalue weighted by Gasteiger charge is 2.16. The van der Waals surface area contributed by atoms with Gasteiger partial charge in [0.1, 0.15) is 11.6 Å². The van der Waals surface area contributed by atoms with Crippen LogP contribution >= 0.6 is 0 Å². The number of hydrogen-bond donors (Lipinski definition) is 2. The van der Waals surface area contributed by atoms with Gasteiger partial charge in [0.25, 0.3) is 0 Å². The smallest absolute Gasteiger partial charge is 0.310 e. The Morgan fingerprint density at radius 3 is 2.70 bits per heavy atom. The van der Waals surface area contributed by atoms with E-state index in [4.69, 9.17) is 0 Å². The Balaban J connectivity index is 1.73. The largest absolute Gasteiger partial charge is 0.384 e. The SMILES string of the molecule is O=c1nc(Nc2cccc3c2CCN3)n(Cc2cc(F)cc(F)c2)cc1F. The number of nitrogens with zero attached hydrogens (tertiary/aromatic N) is 2. The van der Waals surface area contributed by atoms with E-state index in [1.54, 1.807) is 0 Å². The maximum Gasteiger partial charge on any atom is 0.310 e. The highest BCUT2D eigenvalue weighted by molar-refractivity contribution is 5.71. The number of fused-ring (bicyclic) bond motifs is 1. The lowest BCUT2D eigenvalue weighted by molar-refractivity contribution is 0.568. The third-order valence-corrected chi connectivity index (χ3v) is 4.34. The van der Waals surface area contributed by atoms with Gasteiger partial charge in [-0.15, -0.1) is 0 Å². The topological polar surface area (TPSA) is 59.0 Å². The van der Waals surface area contributed by atoms with Crippen molar-refractivity contribution in [1.29, 1.82) is 0 Å². The minimum atomic E-state index is -1.04. The summed E-state index contributed by atoms with van der Waals surface area (Å²) in [4.78, 5) is 15.5. The molecule has 1 aliphatic rings. The van der Waals surface area contributed by atoms with Crippen molar-refractivity contribution >= 4 is 17.3 Å². The maximum atomic E-state index is 13.8. The molecule has 0 amide bonds. The normalized spacial score (nSPS) is 12.6. The van der Waals surface area contributed by atoms with Gasteiger partial charge in [0.05, 0.1) is 6.54 Å². The Labute approximate surface area is 152 Å². The number of nitrogens with one attached hydrogen (secondary N) is 2. The van der Waals surface area contributed by atoms with Gasteiger partial charge in [-0.3, -0.25) is 4.79 Å². The minimum Gasteiger partial charge on any atom is -0.384 e. The van der Waals surface area contributed by atoms with Gasteiger partial charge in [-0.1, -0.05) is 6.07 Å². The predicted molar refractivity (Wildman–Crippen MR) is 95.8 cm³/mol. The van der Waals surface area contributed by atoms with E-state index >= 15 is 0 Å². The van der Waals surface area contributed by atoms with Gasteiger partial charge in [0.2, 0.25) is 11.8 Å². The van der Waals surface area contributed by atoms with Crippen LogP contribution in [0.5, 0.6) is 0 Å². The van der Waals surface area contributed by atoms with Crippen molar-refractivity contribution in [2.45, 2.75) is 13.0 Å². The number of halogens is 3. The number of aromatic nitrogens is 2. The van der Waals surface area contributed by atoms with Crippen LogP contribution in [0.2, 0.25) is 0 Å². The molecule has 0 radical (unpaired) electrons. The summed E-state index contributed by atoms with van der Waals surface area (Å²) in [6.07, 6.45) is 1.76. The number of rotatable bonds is 4. The molecular weight excluding hydrogens is 357 g/mol. The van der Waals surface area contributed by atoms with Gasteiger partial charge in [-0.05, 0) is 36.2 Å². The van der Waals surface area contributed by atoms with Crippen molar-refractivity contribution in [2.24, 2.45) is 0 Å². The standard InChI is InChI=1S/C19H15F3N4O/c20-12-6-11(7-13(21)8-12)9-26-10-15(22)18(27)25-19(26)24-17-3-1-2-16-14(17)4-5-23-16/h1-3,6-8,10,23H,4-5,9H2,(H,24,25,27). The Hall–Kier alpha value is -3.29. The monoisotopic (exact) mass is 372 g/mol. The van der Waals surface area contributed by atoms with Crippen molar-refractivity contribution in [1.82, 2.24) is 9.55 Å². The quantitative estimate of drug-likeness (QED) is 0.737. The molecule has 2 N–H and O–H groups in total. The van der Waals surface area contributed by atoms with Crippen LogP contribution in [0, 0.1) is 17.5 Å². The third kappa shape index (κ3) is 3.51. The Bertz CT molecular complexity index is 1060. The van der Waals surface area contributed by atoms with E-state index in [0.29, 0.717) is 0 Å². The summed E-state index contributed by atoms with van der Waals surface area (Å²) in [7, 11) is 0. The summed E-state index contributed by atoms with van der Waals surface area (Å²) in [6.45, 7) is 0.731. The van der Waals surface area contributed by atoms with E-state index in [0.717, 1.165) is 54.3 Å². The molecule has 0 spiro atoms. The van der Waals surface area contributed by atoms with Gasteiger partial charge in [-0.2, -0.15) is 9.37 Å². The van der Waals surface area contributed by atoms with Gasteiger partial charge < -0.3 is 15.2 Å². The molecule has 0 unspecified atom stereocenters. The second kappa shape index (κ2) is 6.79. The Morgan fingerprint density at radius 2 is 1.93 bits per heavy atom. The molecule has 2 aromatic carbocycles. The molecule has 27 heavy (non-hydrogen) atoms. The summed E-state index contributed by atoms with van der Waals surface area (Å²) in [5.74, 6) is -2.43. The fourth-order valence-corrected chi connectivity index (χ4v) is 3.17. The number of hydrogen-bond acceptors (Lipinski definition) is 4. The van der Waals surface area contributed by atoms with Crippen LogP contribution in [-0.4, -0.2) is 16.1 Å². The molecule has 0 fully saturated rings. The first-order valence-electron chi connectivity index (χ1n) is 8.34. The fraction of sp³-hybridized carbons (Fsp3) is 0.158. The van der Waals surface area contributed by atoms with E-state index in [1.165, 1.54) is 4.57 Å². The molecule has 138 valence electrons. The highest BCUT2D eigenvalue weighted by atomic mass is 19.1. The molecule has 0 saturated carbocycles. The molecule has 4 rings (SSSR count). The lowest BCUT2D eigenvalue weighted by Crippen LogP contribution is -2.20. The zero-order chi connectivity index (χ0) is 19.0. The second-order valence-corrected chi connectivity index (χ2v) is 6.26. The van der Waals surface area contributed by atoms with Crippen molar-refractivity contribution in [2.75, 3.05) is 17.2 Å². The zero-order valence-electron chi connectivity index (χ0n) is 14.1. The Morgan fingerprint density at radius 1 is 1.15 bits per heavy atom. The van der Waals surface area contributed by atoms with Crippen LogP contribution in [0.4, 0.5) is 30.5 Å². The van der Waals surface area contributed by atoms with Crippen molar-refractivity contribution < 1.29 is 13.2 Å². The first-order valence-corrected chi connectivity index (χ1v) is 8.34. The van der Waals surface area contributed by atoms with Crippen LogP contribution in [0.25, 0.3) is 0 Å². The minimum absolute atomic E-state index is 0.0610. The molecule has 0 atom stereocenters. The molecule has 2 heterocycles. The molecule has 0 bridgehead atoms. The van der Waals surface area contributed by atoms with E-state index in [1.807, 2.05) is 18.2 Å². The van der Waals surface area contributed by atoms with Crippen molar-refractivity contribution in [3.63, 3.8) is 0 Å². The van der Waals surface area contributed by atoms with E-state index in [9.17, 15) is 18.0 Å². The van der Waals surface area contributed by atoms with E-state index in [2.05, 4.69) is 15.6 Å². The number of anilines is 3. The van der Waals surface area contributed by atoms with Gasteiger partial charge >= 0.3 is 5.56 Å². The molecule has 0 saturated heterocycles. The summed E-state index contributed by atoms with van der Waals surface area (Å²) >= 11 is 0. The third-order valence-electron chi connectivity index (χ3n) is 4.34. The summed E-state index contributed by atoms with van der Waals surface area (Å²) < 4.78 is 42.0. The predicted octanol–water partition coefficient (Wildman–Crippen LogP) is 3.42. The fourth-order valence-electron chi connectivity index (χ4n) is 3.17.